The largest absolute Gasteiger partial charge is 0.347 e. The third-order valence-corrected chi connectivity index (χ3v) is 4.61. The normalized spacial score (nSPS) is 12.2. The van der Waals surface area contributed by atoms with E-state index in [0.717, 1.165) is 16.4 Å². The first-order valence-electron chi connectivity index (χ1n) is 8.17. The fourth-order valence-corrected chi connectivity index (χ4v) is 3.22. The van der Waals surface area contributed by atoms with Crippen LogP contribution in [0.15, 0.2) is 22.4 Å². The molecule has 2 N–H and O–H groups in total. The number of rotatable bonds is 5. The first-order valence-corrected chi connectivity index (χ1v) is 9.05. The van der Waals surface area contributed by atoms with Gasteiger partial charge < -0.3 is 10.3 Å². The highest BCUT2D eigenvalue weighted by Crippen LogP contribution is 2.16. The highest BCUT2D eigenvalue weighted by molar-refractivity contribution is 7.09. The van der Waals surface area contributed by atoms with Crippen LogP contribution >= 0.6 is 11.3 Å². The van der Waals surface area contributed by atoms with Gasteiger partial charge in [0.15, 0.2) is 5.82 Å². The van der Waals surface area contributed by atoms with Gasteiger partial charge in [-0.3, -0.25) is 14.3 Å². The summed E-state index contributed by atoms with van der Waals surface area (Å²) in [5, 5.41) is 9.87. The van der Waals surface area contributed by atoms with E-state index in [-0.39, 0.29) is 11.6 Å². The van der Waals surface area contributed by atoms with Crippen LogP contribution in [-0.4, -0.2) is 36.7 Å². The topological polar surface area (TPSA) is 106 Å². The van der Waals surface area contributed by atoms with Gasteiger partial charge in [-0.05, 0) is 33.8 Å². The minimum absolute atomic E-state index is 0.0269. The summed E-state index contributed by atoms with van der Waals surface area (Å²) in [6, 6.07) is 1.78. The number of nitrogens with zero attached hydrogens (tertiary/aromatic N) is 4. The van der Waals surface area contributed by atoms with E-state index in [9.17, 15) is 9.59 Å². The van der Waals surface area contributed by atoms with Crippen molar-refractivity contribution in [2.24, 2.45) is 0 Å². The molecule has 0 radical (unpaired) electrons. The Morgan fingerprint density at radius 1 is 1.38 bits per heavy atom. The van der Waals surface area contributed by atoms with Crippen molar-refractivity contribution in [2.45, 2.75) is 40.3 Å². The van der Waals surface area contributed by atoms with E-state index in [0.29, 0.717) is 18.1 Å². The lowest BCUT2D eigenvalue weighted by Gasteiger charge is -2.14. The van der Waals surface area contributed by atoms with Crippen LogP contribution in [0.5, 0.6) is 0 Å². The predicted molar refractivity (Wildman–Crippen MR) is 99.3 cm³/mol. The molecule has 0 spiro atoms. The predicted octanol–water partition coefficient (Wildman–Crippen LogP) is 1.83. The molecule has 3 heterocycles. The summed E-state index contributed by atoms with van der Waals surface area (Å²) in [5.74, 6) is -0.111. The molecule has 1 atom stereocenters. The zero-order valence-electron chi connectivity index (χ0n) is 15.0. The van der Waals surface area contributed by atoms with Gasteiger partial charge in [-0.1, -0.05) is 0 Å². The van der Waals surface area contributed by atoms with E-state index in [1.54, 1.807) is 0 Å². The fraction of sp³-hybridized carbons (Fsp3) is 0.353. The van der Waals surface area contributed by atoms with Crippen LogP contribution < -0.4 is 10.9 Å². The van der Waals surface area contributed by atoms with Crippen molar-refractivity contribution < 1.29 is 4.79 Å². The second kappa shape index (κ2) is 7.20. The lowest BCUT2D eigenvalue weighted by Crippen LogP contribution is -2.38. The Hall–Kier alpha value is -2.81. The molecule has 0 aromatic carbocycles. The van der Waals surface area contributed by atoms with E-state index in [4.69, 9.17) is 0 Å². The fourth-order valence-electron chi connectivity index (χ4n) is 2.63. The maximum absolute atomic E-state index is 12.4. The Kier molecular flexibility index (Phi) is 4.99. The van der Waals surface area contributed by atoms with Gasteiger partial charge in [0.05, 0.1) is 17.2 Å². The van der Waals surface area contributed by atoms with Crippen molar-refractivity contribution in [3.05, 3.63) is 50.0 Å². The molecule has 0 fully saturated rings. The number of amides is 1. The number of H-pyrrole nitrogens is 1. The van der Waals surface area contributed by atoms with Gasteiger partial charge in [-0.15, -0.1) is 11.3 Å². The lowest BCUT2D eigenvalue weighted by atomic mass is 10.2. The summed E-state index contributed by atoms with van der Waals surface area (Å²) >= 11 is 1.47. The SMILES string of the molecule is Cc1cc(C)n(CC(C)NC(=O)c2cnc(-c3csc(C)n3)[nH]c2=O)n1. The Labute approximate surface area is 154 Å². The smallest absolute Gasteiger partial charge is 0.264 e. The summed E-state index contributed by atoms with van der Waals surface area (Å²) in [7, 11) is 0. The van der Waals surface area contributed by atoms with Crippen molar-refractivity contribution in [1.29, 1.82) is 0 Å². The van der Waals surface area contributed by atoms with E-state index in [2.05, 4.69) is 25.4 Å². The number of aryl methyl sites for hydroxylation is 3. The molecule has 0 aliphatic carbocycles. The third kappa shape index (κ3) is 3.88. The molecule has 1 unspecified atom stereocenters. The summed E-state index contributed by atoms with van der Waals surface area (Å²) in [6.07, 6.45) is 1.29. The summed E-state index contributed by atoms with van der Waals surface area (Å²) in [4.78, 5) is 35.7. The van der Waals surface area contributed by atoms with Crippen molar-refractivity contribution in [3.8, 4) is 11.5 Å². The van der Waals surface area contributed by atoms with E-state index in [1.807, 2.05) is 43.8 Å². The van der Waals surface area contributed by atoms with Crippen LogP contribution in [0, 0.1) is 20.8 Å². The summed E-state index contributed by atoms with van der Waals surface area (Å²) < 4.78 is 1.83. The van der Waals surface area contributed by atoms with E-state index < -0.39 is 11.5 Å². The number of thiazole rings is 1. The van der Waals surface area contributed by atoms with Crippen LogP contribution in [0.3, 0.4) is 0 Å². The molecule has 0 aliphatic heterocycles. The highest BCUT2D eigenvalue weighted by atomic mass is 32.1. The lowest BCUT2D eigenvalue weighted by molar-refractivity contribution is 0.0934. The summed E-state index contributed by atoms with van der Waals surface area (Å²) in [6.45, 7) is 8.14. The van der Waals surface area contributed by atoms with Gasteiger partial charge >= 0.3 is 0 Å². The average Bonchev–Trinajstić information content (AvgIpc) is 3.12. The standard InChI is InChI=1S/C17H20N6O2S/c1-9-5-11(3)23(22-9)7-10(2)19-16(24)13-6-18-15(21-17(13)25)14-8-26-12(4)20-14/h5-6,8,10H,7H2,1-4H3,(H,19,24)(H,18,21,25). The third-order valence-electron chi connectivity index (χ3n) is 3.83. The van der Waals surface area contributed by atoms with Gasteiger partial charge in [0, 0.05) is 23.3 Å². The molecule has 0 bridgehead atoms. The molecule has 8 nitrogen and oxygen atoms in total. The number of aromatic nitrogens is 5. The van der Waals surface area contributed by atoms with Crippen molar-refractivity contribution in [1.82, 2.24) is 30.0 Å². The van der Waals surface area contributed by atoms with E-state index >= 15 is 0 Å². The molecule has 0 aliphatic rings. The number of hydrogen-bond donors (Lipinski definition) is 2. The second-order valence-corrected chi connectivity index (χ2v) is 7.27. The van der Waals surface area contributed by atoms with Gasteiger partial charge in [0.25, 0.3) is 11.5 Å². The van der Waals surface area contributed by atoms with Crippen LogP contribution in [-0.2, 0) is 6.54 Å². The summed E-state index contributed by atoms with van der Waals surface area (Å²) in [5.41, 5.74) is 2.02. The molecule has 3 aromatic rings. The average molecular weight is 372 g/mol. The molecule has 1 amide bonds. The maximum Gasteiger partial charge on any atom is 0.264 e. The number of aromatic amines is 1. The van der Waals surface area contributed by atoms with Crippen molar-refractivity contribution in [2.75, 3.05) is 0 Å². The van der Waals surface area contributed by atoms with Crippen LogP contribution in [0.2, 0.25) is 0 Å². The van der Waals surface area contributed by atoms with Crippen LogP contribution in [0.4, 0.5) is 0 Å². The van der Waals surface area contributed by atoms with Crippen molar-refractivity contribution >= 4 is 17.2 Å². The monoisotopic (exact) mass is 372 g/mol. The molecule has 0 saturated heterocycles. The van der Waals surface area contributed by atoms with Crippen molar-refractivity contribution in [3.63, 3.8) is 0 Å². The number of carbonyl (C=O) groups excluding carboxylic acids is 1. The molecular weight excluding hydrogens is 352 g/mol. The van der Waals surface area contributed by atoms with Crippen LogP contribution in [0.25, 0.3) is 11.5 Å². The first-order chi connectivity index (χ1) is 12.3. The van der Waals surface area contributed by atoms with Gasteiger partial charge in [-0.2, -0.15) is 5.10 Å². The Morgan fingerprint density at radius 3 is 2.73 bits per heavy atom. The molecule has 136 valence electrons. The molecule has 3 rings (SSSR count). The highest BCUT2D eigenvalue weighted by Gasteiger charge is 2.16. The molecule has 9 heteroatoms. The minimum Gasteiger partial charge on any atom is -0.347 e. The number of nitrogens with one attached hydrogen (secondary N) is 2. The number of carbonyl (C=O) groups is 1. The maximum atomic E-state index is 12.4. The number of hydrogen-bond acceptors (Lipinski definition) is 6. The van der Waals surface area contributed by atoms with Gasteiger partial charge in [0.1, 0.15) is 11.3 Å². The first kappa shape index (κ1) is 18.0. The Balaban J connectivity index is 1.71. The molecular formula is C17H20N6O2S. The van der Waals surface area contributed by atoms with Gasteiger partial charge in [-0.25, -0.2) is 9.97 Å². The molecule has 0 saturated carbocycles. The minimum atomic E-state index is -0.489. The van der Waals surface area contributed by atoms with Gasteiger partial charge in [0.2, 0.25) is 0 Å². The van der Waals surface area contributed by atoms with E-state index in [1.165, 1.54) is 17.5 Å². The molecule has 26 heavy (non-hydrogen) atoms. The Bertz CT molecular complexity index is 1000. The van der Waals surface area contributed by atoms with Crippen LogP contribution in [0.1, 0.15) is 33.7 Å². The Morgan fingerprint density at radius 2 is 2.15 bits per heavy atom. The zero-order valence-corrected chi connectivity index (χ0v) is 15.8. The molecule has 3 aromatic heterocycles. The quantitative estimate of drug-likeness (QED) is 0.711. The zero-order chi connectivity index (χ0) is 18.8. The second-order valence-electron chi connectivity index (χ2n) is 6.21.